The highest BCUT2D eigenvalue weighted by Gasteiger charge is 2.28. The first-order chi connectivity index (χ1) is 5.77. The van der Waals surface area contributed by atoms with Crippen LogP contribution in [0.15, 0.2) is 16.5 Å². The lowest BCUT2D eigenvalue weighted by molar-refractivity contribution is 0.149. The van der Waals surface area contributed by atoms with Gasteiger partial charge in [-0.05, 0) is 32.0 Å². The molecular formula is C9H13NO2. The summed E-state index contributed by atoms with van der Waals surface area (Å²) in [5.74, 6) is 1.74. The fraction of sp³-hybridized carbons (Fsp3) is 0.556. The number of aliphatic hydroxyl groups is 1. The molecule has 3 nitrogen and oxygen atoms in total. The van der Waals surface area contributed by atoms with Crippen molar-refractivity contribution in [2.45, 2.75) is 25.5 Å². The van der Waals surface area contributed by atoms with E-state index < -0.39 is 0 Å². The smallest absolute Gasteiger partial charge is 0.123 e. The summed E-state index contributed by atoms with van der Waals surface area (Å²) in [6.45, 7) is 2.77. The quantitative estimate of drug-likeness (QED) is 0.655. The van der Waals surface area contributed by atoms with E-state index >= 15 is 0 Å². The minimum Gasteiger partial charge on any atom is -0.465 e. The van der Waals surface area contributed by atoms with Crippen LogP contribution in [-0.2, 0) is 0 Å². The molecule has 66 valence electrons. The van der Waals surface area contributed by atoms with Gasteiger partial charge in [0.2, 0.25) is 0 Å². The first-order valence-electron chi connectivity index (χ1n) is 4.25. The Kier molecular flexibility index (Phi) is 1.90. The zero-order valence-corrected chi connectivity index (χ0v) is 7.08. The van der Waals surface area contributed by atoms with Gasteiger partial charge in [0, 0.05) is 0 Å². The Hall–Kier alpha value is -0.800. The Morgan fingerprint density at radius 1 is 1.58 bits per heavy atom. The van der Waals surface area contributed by atoms with Crippen LogP contribution < -0.4 is 5.32 Å². The first-order valence-corrected chi connectivity index (χ1v) is 4.25. The second kappa shape index (κ2) is 2.92. The molecule has 2 rings (SSSR count). The van der Waals surface area contributed by atoms with Crippen LogP contribution >= 0.6 is 0 Å². The Labute approximate surface area is 71.4 Å². The molecule has 12 heavy (non-hydrogen) atoms. The molecule has 0 saturated carbocycles. The molecule has 1 saturated heterocycles. The first kappa shape index (κ1) is 7.83. The molecule has 1 aliphatic rings. The van der Waals surface area contributed by atoms with Gasteiger partial charge in [-0.3, -0.25) is 0 Å². The van der Waals surface area contributed by atoms with Crippen molar-refractivity contribution in [1.29, 1.82) is 0 Å². The summed E-state index contributed by atoms with van der Waals surface area (Å²) in [5.41, 5.74) is 0. The Bertz CT molecular complexity index is 269. The lowest BCUT2D eigenvalue weighted by Gasteiger charge is -2.10. The lowest BCUT2D eigenvalue weighted by atomic mass is 10.1. The number of rotatable bonds is 1. The average molecular weight is 167 g/mol. The third-order valence-electron chi connectivity index (χ3n) is 2.26. The Balaban J connectivity index is 2.19. The van der Waals surface area contributed by atoms with E-state index in [-0.39, 0.29) is 12.1 Å². The van der Waals surface area contributed by atoms with Crippen LogP contribution in [0.2, 0.25) is 0 Å². The molecule has 1 aromatic rings. The van der Waals surface area contributed by atoms with E-state index in [1.807, 2.05) is 19.1 Å². The molecule has 1 fully saturated rings. The molecule has 2 unspecified atom stereocenters. The largest absolute Gasteiger partial charge is 0.465 e. The van der Waals surface area contributed by atoms with Gasteiger partial charge in [0.25, 0.3) is 0 Å². The molecule has 0 aliphatic carbocycles. The van der Waals surface area contributed by atoms with Crippen molar-refractivity contribution < 1.29 is 9.52 Å². The van der Waals surface area contributed by atoms with Crippen LogP contribution in [0.1, 0.15) is 24.0 Å². The predicted octanol–water partition coefficient (Wildman–Crippen LogP) is 0.983. The molecule has 2 heterocycles. The summed E-state index contributed by atoms with van der Waals surface area (Å²) in [4.78, 5) is 0. The van der Waals surface area contributed by atoms with Crippen molar-refractivity contribution in [2.75, 3.05) is 6.54 Å². The highest BCUT2D eigenvalue weighted by molar-refractivity contribution is 5.12. The monoisotopic (exact) mass is 167 g/mol. The summed E-state index contributed by atoms with van der Waals surface area (Å²) in [6.07, 6.45) is 0.514. The molecule has 3 heteroatoms. The summed E-state index contributed by atoms with van der Waals surface area (Å²) in [6, 6.07) is 3.84. The van der Waals surface area contributed by atoms with Crippen LogP contribution in [0, 0.1) is 6.92 Å². The maximum Gasteiger partial charge on any atom is 0.123 e. The highest BCUT2D eigenvalue weighted by Crippen LogP contribution is 2.24. The molecule has 1 aromatic heterocycles. The molecule has 0 amide bonds. The third-order valence-corrected chi connectivity index (χ3v) is 2.26. The molecule has 1 aliphatic heterocycles. The van der Waals surface area contributed by atoms with Gasteiger partial charge in [-0.2, -0.15) is 0 Å². The molecule has 0 radical (unpaired) electrons. The van der Waals surface area contributed by atoms with Crippen LogP contribution in [0.5, 0.6) is 0 Å². The molecule has 0 bridgehead atoms. The molecular weight excluding hydrogens is 154 g/mol. The van der Waals surface area contributed by atoms with E-state index in [0.29, 0.717) is 0 Å². The van der Waals surface area contributed by atoms with Gasteiger partial charge in [0.05, 0.1) is 12.1 Å². The van der Waals surface area contributed by atoms with Crippen LogP contribution in [0.3, 0.4) is 0 Å². The van der Waals surface area contributed by atoms with Crippen LogP contribution in [0.4, 0.5) is 0 Å². The Morgan fingerprint density at radius 3 is 2.92 bits per heavy atom. The summed E-state index contributed by atoms with van der Waals surface area (Å²) in [7, 11) is 0. The van der Waals surface area contributed by atoms with E-state index in [9.17, 15) is 5.11 Å². The number of furan rings is 1. The molecule has 2 atom stereocenters. The van der Waals surface area contributed by atoms with Crippen LogP contribution in [-0.4, -0.2) is 17.8 Å². The van der Waals surface area contributed by atoms with Gasteiger partial charge in [0.1, 0.15) is 11.5 Å². The van der Waals surface area contributed by atoms with Crippen molar-refractivity contribution in [1.82, 2.24) is 5.32 Å². The van der Waals surface area contributed by atoms with Gasteiger partial charge in [0.15, 0.2) is 0 Å². The van der Waals surface area contributed by atoms with E-state index in [1.165, 1.54) is 0 Å². The fourth-order valence-corrected chi connectivity index (χ4v) is 1.60. The van der Waals surface area contributed by atoms with Gasteiger partial charge < -0.3 is 14.8 Å². The van der Waals surface area contributed by atoms with E-state index in [4.69, 9.17) is 4.42 Å². The van der Waals surface area contributed by atoms with Gasteiger partial charge in [-0.15, -0.1) is 0 Å². The minimum absolute atomic E-state index is 0.00120. The normalized spacial score (nSPS) is 29.5. The number of aliphatic hydroxyl groups excluding tert-OH is 1. The lowest BCUT2D eigenvalue weighted by Crippen LogP contribution is -2.20. The second-order valence-electron chi connectivity index (χ2n) is 3.24. The standard InChI is InChI=1S/C9H13NO2/c1-6-2-3-8(12-6)9-7(11)4-5-10-9/h2-3,7,9-11H,4-5H2,1H3. The maximum absolute atomic E-state index is 9.53. The minimum atomic E-state index is -0.296. The summed E-state index contributed by atoms with van der Waals surface area (Å²) in [5, 5.41) is 12.7. The fourth-order valence-electron chi connectivity index (χ4n) is 1.60. The molecule has 2 N–H and O–H groups in total. The number of aryl methyl sites for hydroxylation is 1. The SMILES string of the molecule is Cc1ccc(C2NCCC2O)o1. The highest BCUT2D eigenvalue weighted by atomic mass is 16.3. The van der Waals surface area contributed by atoms with E-state index in [1.54, 1.807) is 0 Å². The second-order valence-corrected chi connectivity index (χ2v) is 3.24. The Morgan fingerprint density at radius 2 is 2.42 bits per heavy atom. The van der Waals surface area contributed by atoms with Gasteiger partial charge in [-0.25, -0.2) is 0 Å². The average Bonchev–Trinajstić information content (AvgIpc) is 2.58. The number of nitrogens with one attached hydrogen (secondary N) is 1. The van der Waals surface area contributed by atoms with E-state index in [2.05, 4.69) is 5.32 Å². The third kappa shape index (κ3) is 1.26. The zero-order chi connectivity index (χ0) is 8.55. The summed E-state index contributed by atoms with van der Waals surface area (Å²) < 4.78 is 5.42. The van der Waals surface area contributed by atoms with Crippen molar-refractivity contribution in [3.8, 4) is 0 Å². The van der Waals surface area contributed by atoms with Crippen molar-refractivity contribution in [2.24, 2.45) is 0 Å². The maximum atomic E-state index is 9.53. The molecule has 0 aromatic carbocycles. The topological polar surface area (TPSA) is 45.4 Å². The predicted molar refractivity (Wildman–Crippen MR) is 44.8 cm³/mol. The summed E-state index contributed by atoms with van der Waals surface area (Å²) >= 11 is 0. The van der Waals surface area contributed by atoms with Crippen LogP contribution in [0.25, 0.3) is 0 Å². The van der Waals surface area contributed by atoms with E-state index in [0.717, 1.165) is 24.5 Å². The van der Waals surface area contributed by atoms with Crippen molar-refractivity contribution in [3.63, 3.8) is 0 Å². The number of hydrogen-bond acceptors (Lipinski definition) is 3. The number of hydrogen-bond donors (Lipinski definition) is 2. The zero-order valence-electron chi connectivity index (χ0n) is 7.08. The van der Waals surface area contributed by atoms with Crippen molar-refractivity contribution in [3.05, 3.63) is 23.7 Å². The molecule has 0 spiro atoms. The van der Waals surface area contributed by atoms with Gasteiger partial charge in [-0.1, -0.05) is 0 Å². The van der Waals surface area contributed by atoms with Gasteiger partial charge >= 0.3 is 0 Å². The van der Waals surface area contributed by atoms with Crippen molar-refractivity contribution >= 4 is 0 Å².